The van der Waals surface area contributed by atoms with E-state index < -0.39 is 5.60 Å². The zero-order chi connectivity index (χ0) is 16.1. The molecule has 0 spiro atoms. The van der Waals surface area contributed by atoms with Crippen molar-refractivity contribution in [1.29, 1.82) is 0 Å². The smallest absolute Gasteiger partial charge is 0.309 e. The van der Waals surface area contributed by atoms with Crippen LogP contribution < -0.4 is 0 Å². The van der Waals surface area contributed by atoms with Crippen molar-refractivity contribution in [3.05, 3.63) is 11.6 Å². The predicted molar refractivity (Wildman–Crippen MR) is 79.0 cm³/mol. The van der Waals surface area contributed by atoms with Gasteiger partial charge < -0.3 is 14.2 Å². The number of ether oxygens (including phenoxy) is 3. The zero-order valence-electron chi connectivity index (χ0n) is 13.6. The Labute approximate surface area is 131 Å². The molecule has 122 valence electrons. The fraction of sp³-hybridized carbons (Fsp3) is 0.765. The maximum atomic E-state index is 12.0. The lowest BCUT2D eigenvalue weighted by Gasteiger charge is -2.27. The first-order valence-electron chi connectivity index (χ1n) is 8.04. The predicted octanol–water partition coefficient (Wildman–Crippen LogP) is 2.38. The molecule has 2 fully saturated rings. The molecule has 0 aromatic carbocycles. The molecule has 0 N–H and O–H groups in total. The summed E-state index contributed by atoms with van der Waals surface area (Å²) in [4.78, 5) is 23.4. The molecule has 6 atom stereocenters. The van der Waals surface area contributed by atoms with Crippen molar-refractivity contribution >= 4 is 11.9 Å². The second-order valence-corrected chi connectivity index (χ2v) is 7.03. The van der Waals surface area contributed by atoms with Gasteiger partial charge in [0.05, 0.1) is 12.0 Å². The molecule has 0 saturated carbocycles. The third-order valence-corrected chi connectivity index (χ3v) is 5.35. The zero-order valence-corrected chi connectivity index (χ0v) is 13.6. The topological polar surface area (TPSA) is 65.1 Å². The van der Waals surface area contributed by atoms with Gasteiger partial charge in [0.25, 0.3) is 0 Å². The Morgan fingerprint density at radius 2 is 2.18 bits per heavy atom. The van der Waals surface area contributed by atoms with Crippen molar-refractivity contribution < 1.29 is 23.8 Å². The first-order valence-corrected chi connectivity index (χ1v) is 8.04. The van der Waals surface area contributed by atoms with Gasteiger partial charge in [-0.1, -0.05) is 12.5 Å². The van der Waals surface area contributed by atoms with Gasteiger partial charge in [-0.2, -0.15) is 0 Å². The molecule has 0 radical (unpaired) electrons. The summed E-state index contributed by atoms with van der Waals surface area (Å²) in [5.74, 6) is -0.643. The third kappa shape index (κ3) is 2.67. The Morgan fingerprint density at radius 1 is 1.45 bits per heavy atom. The fourth-order valence-electron chi connectivity index (χ4n) is 3.75. The van der Waals surface area contributed by atoms with Crippen molar-refractivity contribution in [2.24, 2.45) is 11.8 Å². The standard InChI is InChI=1S/C17H24O5/c1-9-5-6-14-17(4,22-14)15(20-11(3)18)8-12-10(2)16(19)21-13(12)7-9/h7,10,12-15H,5-6,8H2,1-4H3/b9-7+/t10-,12-,13-,14+,15-,17-/m0/s1. The van der Waals surface area contributed by atoms with Gasteiger partial charge in [0.2, 0.25) is 0 Å². The molecule has 5 heteroatoms. The molecule has 0 aromatic heterocycles. The number of epoxide rings is 1. The number of carbonyl (C=O) groups is 2. The fourth-order valence-corrected chi connectivity index (χ4v) is 3.75. The SMILES string of the molecule is CC(=O)O[C@H]1C[C@@H]2[C@H](/C=C(\C)CC[C@H]3O[C@]13C)OC(=O)[C@H]2C. The first kappa shape index (κ1) is 15.5. The molecule has 2 aliphatic heterocycles. The summed E-state index contributed by atoms with van der Waals surface area (Å²) in [5, 5.41) is 0. The molecular formula is C17H24O5. The summed E-state index contributed by atoms with van der Waals surface area (Å²) in [5.41, 5.74) is 0.792. The normalized spacial score (nSPS) is 46.6. The first-order chi connectivity index (χ1) is 10.3. The number of fused-ring (bicyclic) bond motifs is 2. The van der Waals surface area contributed by atoms with E-state index in [1.165, 1.54) is 12.5 Å². The molecule has 22 heavy (non-hydrogen) atoms. The van der Waals surface area contributed by atoms with Crippen LogP contribution in [0.3, 0.4) is 0 Å². The van der Waals surface area contributed by atoms with Gasteiger partial charge >= 0.3 is 11.9 Å². The van der Waals surface area contributed by atoms with Crippen molar-refractivity contribution in [3.63, 3.8) is 0 Å². The second-order valence-electron chi connectivity index (χ2n) is 7.03. The number of esters is 2. The van der Waals surface area contributed by atoms with E-state index in [4.69, 9.17) is 14.2 Å². The molecule has 1 aliphatic carbocycles. The Morgan fingerprint density at radius 3 is 2.86 bits per heavy atom. The van der Waals surface area contributed by atoms with E-state index in [1.807, 2.05) is 13.8 Å². The molecule has 0 bridgehead atoms. The third-order valence-electron chi connectivity index (χ3n) is 5.35. The highest BCUT2D eigenvalue weighted by molar-refractivity contribution is 5.75. The van der Waals surface area contributed by atoms with Gasteiger partial charge in [-0.15, -0.1) is 0 Å². The molecule has 5 nitrogen and oxygen atoms in total. The van der Waals surface area contributed by atoms with Crippen LogP contribution in [-0.4, -0.2) is 35.9 Å². The molecule has 2 heterocycles. The highest BCUT2D eigenvalue weighted by atomic mass is 16.6. The monoisotopic (exact) mass is 308 g/mol. The van der Waals surface area contributed by atoms with Crippen molar-refractivity contribution in [3.8, 4) is 0 Å². The van der Waals surface area contributed by atoms with E-state index in [1.54, 1.807) is 0 Å². The minimum absolute atomic E-state index is 0.0200. The molecular weight excluding hydrogens is 284 g/mol. The van der Waals surface area contributed by atoms with Crippen molar-refractivity contribution in [2.45, 2.75) is 70.9 Å². The van der Waals surface area contributed by atoms with Gasteiger partial charge in [-0.3, -0.25) is 9.59 Å². The van der Waals surface area contributed by atoms with Crippen LogP contribution in [-0.2, 0) is 23.8 Å². The minimum Gasteiger partial charge on any atom is -0.459 e. The Hall–Kier alpha value is -1.36. The Balaban J connectivity index is 1.90. The van der Waals surface area contributed by atoms with Gasteiger partial charge in [0.15, 0.2) is 0 Å². The van der Waals surface area contributed by atoms with Gasteiger partial charge in [-0.25, -0.2) is 0 Å². The highest BCUT2D eigenvalue weighted by Gasteiger charge is 2.60. The van der Waals surface area contributed by atoms with Crippen LogP contribution in [0.2, 0.25) is 0 Å². The average Bonchev–Trinajstić information content (AvgIpc) is 3.03. The Kier molecular flexibility index (Phi) is 3.79. The van der Waals surface area contributed by atoms with Gasteiger partial charge in [0, 0.05) is 12.8 Å². The molecule has 3 aliphatic rings. The quantitative estimate of drug-likeness (QED) is 0.423. The summed E-state index contributed by atoms with van der Waals surface area (Å²) in [6, 6.07) is 0. The second kappa shape index (κ2) is 5.37. The maximum absolute atomic E-state index is 12.0. The summed E-state index contributed by atoms with van der Waals surface area (Å²) in [7, 11) is 0. The largest absolute Gasteiger partial charge is 0.459 e. The van der Waals surface area contributed by atoms with Crippen LogP contribution >= 0.6 is 0 Å². The molecule has 2 saturated heterocycles. The number of carbonyl (C=O) groups excluding carboxylic acids is 2. The van der Waals surface area contributed by atoms with Crippen molar-refractivity contribution in [2.75, 3.05) is 0 Å². The van der Waals surface area contributed by atoms with Crippen LogP contribution in [0.4, 0.5) is 0 Å². The molecule has 0 amide bonds. The van der Waals surface area contributed by atoms with Crippen LogP contribution in [0, 0.1) is 11.8 Å². The average molecular weight is 308 g/mol. The van der Waals surface area contributed by atoms with Crippen molar-refractivity contribution in [1.82, 2.24) is 0 Å². The maximum Gasteiger partial charge on any atom is 0.309 e. The van der Waals surface area contributed by atoms with E-state index in [9.17, 15) is 9.59 Å². The lowest BCUT2D eigenvalue weighted by atomic mass is 9.80. The number of rotatable bonds is 1. The number of hydrogen-bond acceptors (Lipinski definition) is 5. The molecule has 3 rings (SSSR count). The van der Waals surface area contributed by atoms with E-state index in [0.29, 0.717) is 6.42 Å². The van der Waals surface area contributed by atoms with E-state index in [2.05, 4.69) is 13.0 Å². The lowest BCUT2D eigenvalue weighted by molar-refractivity contribution is -0.151. The summed E-state index contributed by atoms with van der Waals surface area (Å²) < 4.78 is 16.9. The Bertz CT molecular complexity index is 525. The summed E-state index contributed by atoms with van der Waals surface area (Å²) in [6.07, 6.45) is 4.02. The van der Waals surface area contributed by atoms with Crippen LogP contribution in [0.5, 0.6) is 0 Å². The lowest BCUT2D eigenvalue weighted by Crippen LogP contribution is -2.38. The van der Waals surface area contributed by atoms with Crippen LogP contribution in [0.25, 0.3) is 0 Å². The van der Waals surface area contributed by atoms with Gasteiger partial charge in [0.1, 0.15) is 17.8 Å². The molecule has 0 aromatic rings. The molecule has 0 unspecified atom stereocenters. The van der Waals surface area contributed by atoms with E-state index in [-0.39, 0.29) is 42.1 Å². The highest BCUT2D eigenvalue weighted by Crippen LogP contribution is 2.48. The summed E-state index contributed by atoms with van der Waals surface area (Å²) >= 11 is 0. The van der Waals surface area contributed by atoms with Crippen LogP contribution in [0.15, 0.2) is 11.6 Å². The van der Waals surface area contributed by atoms with Crippen LogP contribution in [0.1, 0.15) is 47.0 Å². The summed E-state index contributed by atoms with van der Waals surface area (Å²) in [6.45, 7) is 7.38. The minimum atomic E-state index is -0.431. The van der Waals surface area contributed by atoms with Gasteiger partial charge in [-0.05, 0) is 39.2 Å². The number of allylic oxidation sites excluding steroid dienone is 1. The van der Waals surface area contributed by atoms with E-state index >= 15 is 0 Å². The van der Waals surface area contributed by atoms with E-state index in [0.717, 1.165) is 12.8 Å². The number of hydrogen-bond donors (Lipinski definition) is 0.